The first kappa shape index (κ1) is 15.6. The molecule has 1 aromatic carbocycles. The van der Waals surface area contributed by atoms with E-state index in [-0.39, 0.29) is 5.54 Å². The number of rotatable bonds is 8. The first-order chi connectivity index (χ1) is 9.61. The molecular formula is C17H29BN2. The van der Waals surface area contributed by atoms with Gasteiger partial charge in [0, 0.05) is 11.6 Å². The van der Waals surface area contributed by atoms with Crippen LogP contribution in [0.3, 0.4) is 0 Å². The highest BCUT2D eigenvalue weighted by Crippen LogP contribution is 2.22. The van der Waals surface area contributed by atoms with Gasteiger partial charge in [0.15, 0.2) is 0 Å². The molecule has 0 saturated heterocycles. The van der Waals surface area contributed by atoms with Crippen molar-refractivity contribution in [2.24, 2.45) is 5.73 Å². The standard InChI is InChI=1S/C17H29BN2/c1-17(19,8-4-5-10-18)9-11-20-16-12-14-6-2-3-7-15(14)13-16/h2-3,6-7,16,20H,4-5,8-13,18-19H2,1H3. The van der Waals surface area contributed by atoms with Crippen LogP contribution in [0.1, 0.15) is 43.7 Å². The summed E-state index contributed by atoms with van der Waals surface area (Å²) in [5.74, 6) is 0. The number of unbranched alkanes of at least 4 members (excludes halogenated alkanes) is 1. The molecule has 0 amide bonds. The Morgan fingerprint density at radius 3 is 2.45 bits per heavy atom. The molecule has 3 N–H and O–H groups in total. The van der Waals surface area contributed by atoms with Gasteiger partial charge in [-0.3, -0.25) is 0 Å². The highest BCUT2D eigenvalue weighted by Gasteiger charge is 2.22. The fourth-order valence-electron chi connectivity index (χ4n) is 3.17. The molecule has 0 heterocycles. The Hall–Kier alpha value is -0.795. The first-order valence-electron chi connectivity index (χ1n) is 8.20. The summed E-state index contributed by atoms with van der Waals surface area (Å²) in [5.41, 5.74) is 9.41. The molecule has 0 saturated carbocycles. The van der Waals surface area contributed by atoms with Gasteiger partial charge in [-0.1, -0.05) is 43.4 Å². The molecule has 2 rings (SSSR count). The second-order valence-corrected chi connectivity index (χ2v) is 6.69. The lowest BCUT2D eigenvalue weighted by molar-refractivity contribution is 0.367. The van der Waals surface area contributed by atoms with Crippen molar-refractivity contribution in [2.75, 3.05) is 6.54 Å². The second-order valence-electron chi connectivity index (χ2n) is 6.69. The monoisotopic (exact) mass is 272 g/mol. The molecule has 1 atom stereocenters. The normalized spacial score (nSPS) is 17.9. The molecule has 0 spiro atoms. The van der Waals surface area contributed by atoms with Crippen molar-refractivity contribution in [2.45, 2.75) is 63.3 Å². The largest absolute Gasteiger partial charge is 0.325 e. The number of fused-ring (bicyclic) bond motifs is 1. The highest BCUT2D eigenvalue weighted by atomic mass is 14.9. The molecule has 0 radical (unpaired) electrons. The quantitative estimate of drug-likeness (QED) is 0.561. The van der Waals surface area contributed by atoms with Gasteiger partial charge < -0.3 is 11.1 Å². The second kappa shape index (κ2) is 7.28. The van der Waals surface area contributed by atoms with Crippen LogP contribution in [0.2, 0.25) is 6.32 Å². The Kier molecular flexibility index (Phi) is 5.68. The predicted octanol–water partition coefficient (Wildman–Crippen LogP) is 2.07. The van der Waals surface area contributed by atoms with Gasteiger partial charge in [0.2, 0.25) is 0 Å². The van der Waals surface area contributed by atoms with Crippen LogP contribution in [0.4, 0.5) is 0 Å². The van der Waals surface area contributed by atoms with Gasteiger partial charge in [0.25, 0.3) is 0 Å². The maximum atomic E-state index is 6.39. The van der Waals surface area contributed by atoms with E-state index < -0.39 is 0 Å². The fourth-order valence-corrected chi connectivity index (χ4v) is 3.17. The number of nitrogens with one attached hydrogen (secondary N) is 1. The number of benzene rings is 1. The van der Waals surface area contributed by atoms with Crippen LogP contribution < -0.4 is 11.1 Å². The summed E-state index contributed by atoms with van der Waals surface area (Å²) in [6, 6.07) is 9.42. The Morgan fingerprint density at radius 2 is 1.85 bits per heavy atom. The molecule has 2 nitrogen and oxygen atoms in total. The zero-order valence-electron chi connectivity index (χ0n) is 13.1. The van der Waals surface area contributed by atoms with Gasteiger partial charge in [-0.25, -0.2) is 0 Å². The van der Waals surface area contributed by atoms with E-state index in [1.165, 1.54) is 43.1 Å². The molecule has 110 valence electrons. The molecule has 0 aliphatic heterocycles. The van der Waals surface area contributed by atoms with E-state index >= 15 is 0 Å². The average molecular weight is 272 g/mol. The Labute approximate surface area is 124 Å². The van der Waals surface area contributed by atoms with Gasteiger partial charge in [-0.15, -0.1) is 0 Å². The highest BCUT2D eigenvalue weighted by molar-refractivity contribution is 6.08. The number of hydrogen-bond acceptors (Lipinski definition) is 2. The lowest BCUT2D eigenvalue weighted by Crippen LogP contribution is -2.41. The van der Waals surface area contributed by atoms with Crippen molar-refractivity contribution in [3.8, 4) is 0 Å². The maximum Gasteiger partial charge on any atom is 0.101 e. The number of nitrogens with two attached hydrogens (primary N) is 1. The van der Waals surface area contributed by atoms with Crippen LogP contribution in [0, 0.1) is 0 Å². The van der Waals surface area contributed by atoms with Crippen LogP contribution in [0.5, 0.6) is 0 Å². The molecule has 1 unspecified atom stereocenters. The van der Waals surface area contributed by atoms with Crippen LogP contribution in [-0.4, -0.2) is 26.0 Å². The Morgan fingerprint density at radius 1 is 1.20 bits per heavy atom. The van der Waals surface area contributed by atoms with E-state index in [0.717, 1.165) is 19.4 Å². The SMILES string of the molecule is BCCCCC(C)(N)CCNC1Cc2ccccc2C1. The van der Waals surface area contributed by atoms with Crippen LogP contribution >= 0.6 is 0 Å². The topological polar surface area (TPSA) is 38.0 Å². The van der Waals surface area contributed by atoms with Crippen LogP contribution in [-0.2, 0) is 12.8 Å². The van der Waals surface area contributed by atoms with Gasteiger partial charge in [0.1, 0.15) is 7.85 Å². The van der Waals surface area contributed by atoms with Gasteiger partial charge >= 0.3 is 0 Å². The smallest absolute Gasteiger partial charge is 0.101 e. The minimum absolute atomic E-state index is 0.00632. The van der Waals surface area contributed by atoms with Gasteiger partial charge in [-0.2, -0.15) is 0 Å². The van der Waals surface area contributed by atoms with E-state index in [9.17, 15) is 0 Å². The van der Waals surface area contributed by atoms with Crippen molar-refractivity contribution in [3.05, 3.63) is 35.4 Å². The first-order valence-corrected chi connectivity index (χ1v) is 8.20. The van der Waals surface area contributed by atoms with Crippen molar-refractivity contribution in [1.82, 2.24) is 5.32 Å². The van der Waals surface area contributed by atoms with Crippen molar-refractivity contribution < 1.29 is 0 Å². The van der Waals surface area contributed by atoms with E-state index in [1.807, 2.05) is 0 Å². The summed E-state index contributed by atoms with van der Waals surface area (Å²) in [6.45, 7) is 3.24. The molecule has 0 bridgehead atoms. The van der Waals surface area contributed by atoms with E-state index in [1.54, 1.807) is 0 Å². The molecule has 3 heteroatoms. The predicted molar refractivity (Wildman–Crippen MR) is 90.1 cm³/mol. The van der Waals surface area contributed by atoms with Crippen molar-refractivity contribution in [3.63, 3.8) is 0 Å². The summed E-state index contributed by atoms with van der Waals surface area (Å²) in [7, 11) is 2.24. The lowest BCUT2D eigenvalue weighted by atomic mass is 9.89. The summed E-state index contributed by atoms with van der Waals surface area (Å²) in [5, 5.41) is 3.70. The van der Waals surface area contributed by atoms with Crippen molar-refractivity contribution >= 4 is 7.85 Å². The minimum Gasteiger partial charge on any atom is -0.325 e. The Balaban J connectivity index is 1.67. The fraction of sp³-hybridized carbons (Fsp3) is 0.647. The molecular weight excluding hydrogens is 243 g/mol. The third-order valence-corrected chi connectivity index (χ3v) is 4.53. The zero-order chi connectivity index (χ0) is 14.4. The maximum absolute atomic E-state index is 6.39. The van der Waals surface area contributed by atoms with Gasteiger partial charge in [-0.05, 0) is 50.3 Å². The molecule has 20 heavy (non-hydrogen) atoms. The van der Waals surface area contributed by atoms with Crippen LogP contribution in [0.15, 0.2) is 24.3 Å². The summed E-state index contributed by atoms with van der Waals surface area (Å²) >= 11 is 0. The number of hydrogen-bond donors (Lipinski definition) is 2. The molecule has 0 fully saturated rings. The van der Waals surface area contributed by atoms with Gasteiger partial charge in [0.05, 0.1) is 0 Å². The van der Waals surface area contributed by atoms with E-state index in [2.05, 4.69) is 44.4 Å². The summed E-state index contributed by atoms with van der Waals surface area (Å²) in [6.07, 6.45) is 8.41. The molecule has 0 aromatic heterocycles. The zero-order valence-corrected chi connectivity index (χ0v) is 13.1. The average Bonchev–Trinajstić information content (AvgIpc) is 2.81. The Bertz CT molecular complexity index is 392. The third kappa shape index (κ3) is 4.64. The van der Waals surface area contributed by atoms with Crippen LogP contribution in [0.25, 0.3) is 0 Å². The minimum atomic E-state index is -0.00632. The molecule has 1 aliphatic carbocycles. The van der Waals surface area contributed by atoms with E-state index in [4.69, 9.17) is 5.73 Å². The molecule has 1 aliphatic rings. The summed E-state index contributed by atoms with van der Waals surface area (Å²) in [4.78, 5) is 0. The van der Waals surface area contributed by atoms with Crippen molar-refractivity contribution in [1.29, 1.82) is 0 Å². The third-order valence-electron chi connectivity index (χ3n) is 4.53. The lowest BCUT2D eigenvalue weighted by Gasteiger charge is -2.25. The summed E-state index contributed by atoms with van der Waals surface area (Å²) < 4.78 is 0. The molecule has 1 aromatic rings. The van der Waals surface area contributed by atoms with E-state index in [0.29, 0.717) is 6.04 Å².